The second kappa shape index (κ2) is 5.99. The Labute approximate surface area is 147 Å². The van der Waals surface area contributed by atoms with Gasteiger partial charge in [-0.3, -0.25) is 10.1 Å². The second-order valence-corrected chi connectivity index (χ2v) is 6.49. The van der Waals surface area contributed by atoms with Gasteiger partial charge < -0.3 is 10.3 Å². The van der Waals surface area contributed by atoms with Crippen LogP contribution in [-0.2, 0) is 7.05 Å². The molecular weight excluding hydrogens is 336 g/mol. The van der Waals surface area contributed by atoms with Crippen molar-refractivity contribution in [1.29, 1.82) is 0 Å². The smallest absolute Gasteiger partial charge is 0.268 e. The molecule has 7 nitrogen and oxygen atoms in total. The van der Waals surface area contributed by atoms with Gasteiger partial charge in [0.05, 0.1) is 26.5 Å². The average molecular weight is 350 g/mol. The zero-order chi connectivity index (χ0) is 17.4. The molecule has 0 saturated carbocycles. The van der Waals surface area contributed by atoms with Crippen LogP contribution in [0.25, 0.3) is 21.6 Å². The van der Waals surface area contributed by atoms with Crippen LogP contribution in [0.1, 0.15) is 9.67 Å². The van der Waals surface area contributed by atoms with Crippen LogP contribution < -0.4 is 11.1 Å². The number of imidazole rings is 1. The van der Waals surface area contributed by atoms with Crippen molar-refractivity contribution in [2.24, 2.45) is 7.05 Å². The summed E-state index contributed by atoms with van der Waals surface area (Å²) in [6, 6.07) is 13.1. The summed E-state index contributed by atoms with van der Waals surface area (Å²) < 4.78 is 1.85. The zero-order valence-corrected chi connectivity index (χ0v) is 14.1. The molecule has 0 unspecified atom stereocenters. The van der Waals surface area contributed by atoms with Gasteiger partial charge in [0.25, 0.3) is 5.91 Å². The predicted octanol–water partition coefficient (Wildman–Crippen LogP) is 2.93. The molecule has 0 aliphatic rings. The van der Waals surface area contributed by atoms with Crippen molar-refractivity contribution in [1.82, 2.24) is 19.5 Å². The van der Waals surface area contributed by atoms with Crippen molar-refractivity contribution in [3.63, 3.8) is 0 Å². The lowest BCUT2D eigenvalue weighted by Gasteiger charge is -2.03. The van der Waals surface area contributed by atoms with Crippen LogP contribution in [0.3, 0.4) is 0 Å². The highest BCUT2D eigenvalue weighted by molar-refractivity contribution is 7.17. The van der Waals surface area contributed by atoms with E-state index in [1.807, 2.05) is 41.9 Å². The third-order valence-corrected chi connectivity index (χ3v) is 4.88. The number of thiophene rings is 1. The van der Waals surface area contributed by atoms with E-state index in [-0.39, 0.29) is 11.9 Å². The molecule has 0 aliphatic carbocycles. The van der Waals surface area contributed by atoms with Gasteiger partial charge in [0.1, 0.15) is 0 Å². The number of hydrogen-bond donors (Lipinski definition) is 2. The number of nitrogen functional groups attached to an aromatic ring is 1. The van der Waals surface area contributed by atoms with Gasteiger partial charge in [0.15, 0.2) is 0 Å². The number of para-hydroxylation sites is 2. The van der Waals surface area contributed by atoms with Gasteiger partial charge in [-0.2, -0.15) is 0 Å². The number of amides is 1. The standard InChI is InChI=1S/C17H14N6OS/c1-23-12-5-3-2-4-10(12)21-17(23)22-15(24)14-7-6-13(25-14)11-8-9-19-16(18)20-11/h2-9H,1H3,(H2,18,19,20)(H,21,22,24). The molecule has 25 heavy (non-hydrogen) atoms. The van der Waals surface area contributed by atoms with Crippen molar-refractivity contribution in [3.8, 4) is 10.6 Å². The summed E-state index contributed by atoms with van der Waals surface area (Å²) in [5.41, 5.74) is 8.10. The molecule has 1 aromatic carbocycles. The van der Waals surface area contributed by atoms with Crippen molar-refractivity contribution in [3.05, 3.63) is 53.5 Å². The molecule has 0 aliphatic heterocycles. The Morgan fingerprint density at radius 3 is 2.80 bits per heavy atom. The zero-order valence-electron chi connectivity index (χ0n) is 13.3. The lowest BCUT2D eigenvalue weighted by Crippen LogP contribution is -2.13. The fourth-order valence-electron chi connectivity index (χ4n) is 2.53. The lowest BCUT2D eigenvalue weighted by molar-refractivity contribution is 0.102. The van der Waals surface area contributed by atoms with Gasteiger partial charge in [-0.1, -0.05) is 12.1 Å². The van der Waals surface area contributed by atoms with Crippen molar-refractivity contribution < 1.29 is 4.79 Å². The summed E-state index contributed by atoms with van der Waals surface area (Å²) in [5.74, 6) is 0.501. The van der Waals surface area contributed by atoms with E-state index in [0.29, 0.717) is 16.5 Å². The Hall–Kier alpha value is -3.26. The molecule has 0 radical (unpaired) electrons. The van der Waals surface area contributed by atoms with Gasteiger partial charge in [-0.25, -0.2) is 15.0 Å². The second-order valence-electron chi connectivity index (χ2n) is 5.40. The van der Waals surface area contributed by atoms with Gasteiger partial charge >= 0.3 is 0 Å². The first kappa shape index (κ1) is 15.3. The normalized spacial score (nSPS) is 10.9. The molecule has 8 heteroatoms. The number of hydrogen-bond acceptors (Lipinski definition) is 6. The van der Waals surface area contributed by atoms with E-state index >= 15 is 0 Å². The molecule has 3 aromatic heterocycles. The van der Waals surface area contributed by atoms with Gasteiger partial charge in [-0.15, -0.1) is 11.3 Å². The number of benzene rings is 1. The molecule has 0 saturated heterocycles. The number of anilines is 2. The van der Waals surface area contributed by atoms with E-state index in [4.69, 9.17) is 5.73 Å². The highest BCUT2D eigenvalue weighted by Gasteiger charge is 2.15. The van der Waals surface area contributed by atoms with Crippen molar-refractivity contribution >= 4 is 40.2 Å². The maximum Gasteiger partial charge on any atom is 0.268 e. The van der Waals surface area contributed by atoms with E-state index in [9.17, 15) is 4.79 Å². The quantitative estimate of drug-likeness (QED) is 0.592. The largest absolute Gasteiger partial charge is 0.368 e. The molecule has 0 spiro atoms. The summed E-state index contributed by atoms with van der Waals surface area (Å²) in [6.07, 6.45) is 1.59. The van der Waals surface area contributed by atoms with Crippen LogP contribution in [0, 0.1) is 0 Å². The Bertz CT molecular complexity index is 1080. The predicted molar refractivity (Wildman–Crippen MR) is 98.4 cm³/mol. The first-order valence-electron chi connectivity index (χ1n) is 7.53. The number of rotatable bonds is 3. The Kier molecular flexibility index (Phi) is 3.66. The Morgan fingerprint density at radius 2 is 2.00 bits per heavy atom. The van der Waals surface area contributed by atoms with E-state index in [0.717, 1.165) is 15.9 Å². The van der Waals surface area contributed by atoms with E-state index < -0.39 is 0 Å². The number of fused-ring (bicyclic) bond motifs is 1. The molecule has 4 rings (SSSR count). The maximum absolute atomic E-state index is 12.5. The van der Waals surface area contributed by atoms with Crippen LogP contribution >= 0.6 is 11.3 Å². The molecule has 3 heterocycles. The third kappa shape index (κ3) is 2.83. The minimum absolute atomic E-state index is 0.205. The van der Waals surface area contributed by atoms with Crippen LogP contribution in [0.4, 0.5) is 11.9 Å². The number of nitrogens with one attached hydrogen (secondary N) is 1. The van der Waals surface area contributed by atoms with Crippen molar-refractivity contribution in [2.75, 3.05) is 11.1 Å². The molecular formula is C17H14N6OS. The minimum atomic E-state index is -0.211. The maximum atomic E-state index is 12.5. The Morgan fingerprint density at radius 1 is 1.16 bits per heavy atom. The number of nitrogens with two attached hydrogens (primary N) is 1. The lowest BCUT2D eigenvalue weighted by atomic mass is 10.3. The van der Waals surface area contributed by atoms with E-state index in [1.54, 1.807) is 18.3 Å². The molecule has 124 valence electrons. The SMILES string of the molecule is Cn1c(NC(=O)c2ccc(-c3ccnc(N)n3)s2)nc2ccccc21. The van der Waals surface area contributed by atoms with Crippen LogP contribution in [0.2, 0.25) is 0 Å². The average Bonchev–Trinajstić information content (AvgIpc) is 3.21. The highest BCUT2D eigenvalue weighted by Crippen LogP contribution is 2.27. The number of nitrogens with zero attached hydrogens (tertiary/aromatic N) is 4. The van der Waals surface area contributed by atoms with E-state index in [1.165, 1.54) is 11.3 Å². The highest BCUT2D eigenvalue weighted by atomic mass is 32.1. The molecule has 0 bridgehead atoms. The minimum Gasteiger partial charge on any atom is -0.368 e. The summed E-state index contributed by atoms with van der Waals surface area (Å²) >= 11 is 1.34. The van der Waals surface area contributed by atoms with Crippen LogP contribution in [-0.4, -0.2) is 25.4 Å². The fraction of sp³-hybridized carbons (Fsp3) is 0.0588. The topological polar surface area (TPSA) is 98.7 Å². The fourth-order valence-corrected chi connectivity index (χ4v) is 3.40. The summed E-state index contributed by atoms with van der Waals surface area (Å²) in [6.45, 7) is 0. The molecule has 3 N–H and O–H groups in total. The molecule has 4 aromatic rings. The summed E-state index contributed by atoms with van der Waals surface area (Å²) in [4.78, 5) is 26.5. The summed E-state index contributed by atoms with van der Waals surface area (Å²) in [7, 11) is 1.87. The third-order valence-electron chi connectivity index (χ3n) is 3.77. The number of carbonyl (C=O) groups excluding carboxylic acids is 1. The first-order chi connectivity index (χ1) is 12.1. The first-order valence-corrected chi connectivity index (χ1v) is 8.35. The number of carbonyl (C=O) groups is 1. The monoisotopic (exact) mass is 350 g/mol. The number of aromatic nitrogens is 4. The van der Waals surface area contributed by atoms with E-state index in [2.05, 4.69) is 20.3 Å². The van der Waals surface area contributed by atoms with Crippen LogP contribution in [0.5, 0.6) is 0 Å². The van der Waals surface area contributed by atoms with Gasteiger partial charge in [0.2, 0.25) is 11.9 Å². The van der Waals surface area contributed by atoms with Crippen molar-refractivity contribution in [2.45, 2.75) is 0 Å². The number of aryl methyl sites for hydroxylation is 1. The molecule has 0 fully saturated rings. The van der Waals surface area contributed by atoms with Gasteiger partial charge in [-0.05, 0) is 30.3 Å². The van der Waals surface area contributed by atoms with Gasteiger partial charge in [0, 0.05) is 13.2 Å². The van der Waals surface area contributed by atoms with Crippen LogP contribution in [0.15, 0.2) is 48.7 Å². The molecule has 0 atom stereocenters. The Balaban J connectivity index is 1.60. The molecule has 1 amide bonds. The summed E-state index contributed by atoms with van der Waals surface area (Å²) in [5, 5.41) is 2.86.